The average Bonchev–Trinajstić information content (AvgIpc) is 3.02. The molecule has 138 valence electrons. The van der Waals surface area contributed by atoms with Gasteiger partial charge in [0.05, 0.1) is 12.0 Å². The van der Waals surface area contributed by atoms with Crippen LogP contribution in [0.5, 0.6) is 0 Å². The number of nitrogens with one attached hydrogen (secondary N) is 1. The topological polar surface area (TPSA) is 42.8 Å². The summed E-state index contributed by atoms with van der Waals surface area (Å²) in [4.78, 5) is 5.86. The van der Waals surface area contributed by atoms with Gasteiger partial charge in [-0.2, -0.15) is 5.26 Å². The van der Waals surface area contributed by atoms with Gasteiger partial charge in [-0.15, -0.1) is 0 Å². The van der Waals surface area contributed by atoms with Crippen molar-refractivity contribution < 1.29 is 4.39 Å². The van der Waals surface area contributed by atoms with Crippen LogP contribution in [0.25, 0.3) is 10.9 Å². The second kappa shape index (κ2) is 7.54. The first kappa shape index (κ1) is 17.8. The van der Waals surface area contributed by atoms with E-state index in [1.807, 2.05) is 12.1 Å². The van der Waals surface area contributed by atoms with Gasteiger partial charge in [0.15, 0.2) is 0 Å². The SMILES string of the molecule is Cc1cccc(C(C#N)CCCN2CCc3[nH]c4ccc(F)cc4c3C2)c1. The van der Waals surface area contributed by atoms with Gasteiger partial charge < -0.3 is 4.98 Å². The fourth-order valence-electron chi connectivity index (χ4n) is 4.14. The number of rotatable bonds is 5. The quantitative estimate of drug-likeness (QED) is 0.690. The van der Waals surface area contributed by atoms with E-state index in [-0.39, 0.29) is 11.7 Å². The van der Waals surface area contributed by atoms with Crippen LogP contribution in [0.4, 0.5) is 4.39 Å². The molecule has 1 N–H and O–H groups in total. The molecule has 1 aromatic heterocycles. The average molecular weight is 361 g/mol. The van der Waals surface area contributed by atoms with Gasteiger partial charge in [0.2, 0.25) is 0 Å². The molecule has 1 atom stereocenters. The van der Waals surface area contributed by atoms with Crippen LogP contribution in [0.2, 0.25) is 0 Å². The van der Waals surface area contributed by atoms with Crippen LogP contribution >= 0.6 is 0 Å². The van der Waals surface area contributed by atoms with Crippen LogP contribution in [0.1, 0.15) is 41.1 Å². The first-order chi connectivity index (χ1) is 13.1. The highest BCUT2D eigenvalue weighted by Crippen LogP contribution is 2.29. The standard InChI is InChI=1S/C23H24FN3/c1-16-4-2-5-17(12-16)18(14-25)6-3-10-27-11-9-23-21(15-27)20-13-19(24)7-8-22(20)26-23/h2,4-5,7-8,12-13,18,26H,3,6,9-11,15H2,1H3. The molecule has 4 heteroatoms. The van der Waals surface area contributed by atoms with Gasteiger partial charge in [-0.1, -0.05) is 29.8 Å². The Morgan fingerprint density at radius 2 is 2.15 bits per heavy atom. The Morgan fingerprint density at radius 3 is 2.96 bits per heavy atom. The van der Waals surface area contributed by atoms with E-state index in [0.29, 0.717) is 0 Å². The molecular formula is C23H24FN3. The molecule has 1 aliphatic heterocycles. The minimum atomic E-state index is -0.184. The van der Waals surface area contributed by atoms with Crippen LogP contribution in [-0.4, -0.2) is 23.0 Å². The number of nitrogens with zero attached hydrogens (tertiary/aromatic N) is 2. The molecular weight excluding hydrogens is 337 g/mol. The molecule has 0 saturated heterocycles. The smallest absolute Gasteiger partial charge is 0.123 e. The van der Waals surface area contributed by atoms with Gasteiger partial charge in [-0.05, 0) is 55.6 Å². The molecule has 2 heterocycles. The highest BCUT2D eigenvalue weighted by atomic mass is 19.1. The number of H-pyrrole nitrogens is 1. The summed E-state index contributed by atoms with van der Waals surface area (Å²) in [5.74, 6) is -0.233. The van der Waals surface area contributed by atoms with Crippen molar-refractivity contribution in [1.82, 2.24) is 9.88 Å². The lowest BCUT2D eigenvalue weighted by Crippen LogP contribution is -2.31. The molecule has 4 rings (SSSR count). The van der Waals surface area contributed by atoms with Crippen molar-refractivity contribution in [1.29, 1.82) is 5.26 Å². The summed E-state index contributed by atoms with van der Waals surface area (Å²) in [6.07, 6.45) is 2.81. The third-order valence-electron chi connectivity index (χ3n) is 5.58. The first-order valence-corrected chi connectivity index (χ1v) is 9.61. The maximum Gasteiger partial charge on any atom is 0.123 e. The van der Waals surface area contributed by atoms with Crippen LogP contribution < -0.4 is 0 Å². The molecule has 0 radical (unpaired) electrons. The molecule has 1 unspecified atom stereocenters. The van der Waals surface area contributed by atoms with E-state index in [9.17, 15) is 9.65 Å². The zero-order valence-electron chi connectivity index (χ0n) is 15.6. The molecule has 0 fully saturated rings. The van der Waals surface area contributed by atoms with Crippen molar-refractivity contribution in [2.75, 3.05) is 13.1 Å². The third-order valence-corrected chi connectivity index (χ3v) is 5.58. The molecule has 0 amide bonds. The van der Waals surface area contributed by atoms with Gasteiger partial charge in [-0.3, -0.25) is 4.90 Å². The minimum Gasteiger partial charge on any atom is -0.358 e. The predicted molar refractivity (Wildman–Crippen MR) is 106 cm³/mol. The molecule has 27 heavy (non-hydrogen) atoms. The van der Waals surface area contributed by atoms with Crippen molar-refractivity contribution in [3.8, 4) is 6.07 Å². The molecule has 0 bridgehead atoms. The number of fused-ring (bicyclic) bond motifs is 3. The third kappa shape index (κ3) is 3.74. The van der Waals surface area contributed by atoms with E-state index < -0.39 is 0 Å². The Morgan fingerprint density at radius 1 is 1.26 bits per heavy atom. The van der Waals surface area contributed by atoms with E-state index in [4.69, 9.17) is 0 Å². The lowest BCUT2D eigenvalue weighted by atomic mass is 9.94. The summed E-state index contributed by atoms with van der Waals surface area (Å²) in [5.41, 5.74) is 5.80. The molecule has 3 nitrogen and oxygen atoms in total. The fraction of sp³-hybridized carbons (Fsp3) is 0.348. The van der Waals surface area contributed by atoms with Gasteiger partial charge in [0.1, 0.15) is 5.82 Å². The summed E-state index contributed by atoms with van der Waals surface area (Å²) in [6.45, 7) is 4.88. The maximum atomic E-state index is 13.6. The van der Waals surface area contributed by atoms with Crippen molar-refractivity contribution in [3.05, 3.63) is 70.7 Å². The van der Waals surface area contributed by atoms with Gasteiger partial charge >= 0.3 is 0 Å². The fourth-order valence-corrected chi connectivity index (χ4v) is 4.14. The lowest BCUT2D eigenvalue weighted by Gasteiger charge is -2.27. The number of aromatic amines is 1. The molecule has 0 aliphatic carbocycles. The zero-order chi connectivity index (χ0) is 18.8. The molecule has 1 aliphatic rings. The summed E-state index contributed by atoms with van der Waals surface area (Å²) >= 11 is 0. The highest BCUT2D eigenvalue weighted by molar-refractivity contribution is 5.84. The Bertz CT molecular complexity index is 999. The second-order valence-electron chi connectivity index (χ2n) is 7.54. The predicted octanol–water partition coefficient (Wildman–Crippen LogP) is 5.06. The Hall–Kier alpha value is -2.64. The van der Waals surface area contributed by atoms with E-state index in [0.717, 1.165) is 55.4 Å². The molecule has 0 saturated carbocycles. The largest absolute Gasteiger partial charge is 0.358 e. The summed E-state index contributed by atoms with van der Waals surface area (Å²) in [5, 5.41) is 10.6. The minimum absolute atomic E-state index is 0.0487. The summed E-state index contributed by atoms with van der Waals surface area (Å²) < 4.78 is 13.6. The number of aryl methyl sites for hydroxylation is 1. The van der Waals surface area contributed by atoms with Crippen LogP contribution in [-0.2, 0) is 13.0 Å². The normalized spacial score (nSPS) is 15.4. The van der Waals surface area contributed by atoms with Gasteiger partial charge in [0.25, 0.3) is 0 Å². The molecule has 3 aromatic rings. The Balaban J connectivity index is 1.39. The van der Waals surface area contributed by atoms with Crippen LogP contribution in [0, 0.1) is 24.1 Å². The summed E-state index contributed by atoms with van der Waals surface area (Å²) in [6, 6.07) is 15.7. The molecule has 2 aromatic carbocycles. The van der Waals surface area contributed by atoms with Crippen molar-refractivity contribution in [2.45, 2.75) is 38.6 Å². The molecule has 0 spiro atoms. The number of hydrogen-bond acceptors (Lipinski definition) is 2. The highest BCUT2D eigenvalue weighted by Gasteiger charge is 2.21. The van der Waals surface area contributed by atoms with Gasteiger partial charge in [-0.25, -0.2) is 4.39 Å². The summed E-state index contributed by atoms with van der Waals surface area (Å²) in [7, 11) is 0. The van der Waals surface area contributed by atoms with Gasteiger partial charge in [0, 0.05) is 36.1 Å². The lowest BCUT2D eigenvalue weighted by molar-refractivity contribution is 0.248. The number of aromatic nitrogens is 1. The van der Waals surface area contributed by atoms with E-state index in [1.54, 1.807) is 6.07 Å². The van der Waals surface area contributed by atoms with Crippen LogP contribution in [0.3, 0.4) is 0 Å². The van der Waals surface area contributed by atoms with E-state index >= 15 is 0 Å². The Labute approximate surface area is 159 Å². The van der Waals surface area contributed by atoms with Crippen molar-refractivity contribution in [2.24, 2.45) is 0 Å². The van der Waals surface area contributed by atoms with E-state index in [2.05, 4.69) is 41.1 Å². The number of hydrogen-bond donors (Lipinski definition) is 1. The number of nitriles is 1. The number of halogens is 1. The zero-order valence-corrected chi connectivity index (χ0v) is 15.6. The second-order valence-corrected chi connectivity index (χ2v) is 7.54. The van der Waals surface area contributed by atoms with E-state index in [1.165, 1.54) is 22.9 Å². The van der Waals surface area contributed by atoms with Crippen LogP contribution in [0.15, 0.2) is 42.5 Å². The van der Waals surface area contributed by atoms with Crippen molar-refractivity contribution in [3.63, 3.8) is 0 Å². The van der Waals surface area contributed by atoms with Crippen molar-refractivity contribution >= 4 is 10.9 Å². The maximum absolute atomic E-state index is 13.6. The first-order valence-electron chi connectivity index (χ1n) is 9.61. The Kier molecular flexibility index (Phi) is 4.96. The number of benzene rings is 2. The monoisotopic (exact) mass is 361 g/mol.